The van der Waals surface area contributed by atoms with E-state index in [-0.39, 0.29) is 0 Å². The van der Waals surface area contributed by atoms with Gasteiger partial charge in [0, 0.05) is 21.9 Å². The summed E-state index contributed by atoms with van der Waals surface area (Å²) in [5, 5.41) is 8.45. The van der Waals surface area contributed by atoms with E-state index in [1.54, 1.807) is 0 Å². The molecule has 0 atom stereocenters. The van der Waals surface area contributed by atoms with Crippen LogP contribution in [0.15, 0.2) is 41.0 Å². The highest BCUT2D eigenvalue weighted by Gasteiger charge is 2.10. The van der Waals surface area contributed by atoms with Crippen molar-refractivity contribution in [2.45, 2.75) is 6.92 Å². The molecular formula is C13H11BrN4. The van der Waals surface area contributed by atoms with Crippen molar-refractivity contribution in [3.05, 3.63) is 46.6 Å². The average Bonchev–Trinajstić information content (AvgIpc) is 2.72. The normalized spacial score (nSPS) is 11.0. The van der Waals surface area contributed by atoms with Crippen LogP contribution in [0.1, 0.15) is 5.56 Å². The molecule has 1 aromatic carbocycles. The molecule has 0 radical (unpaired) electrons. The number of nitrogen functional groups attached to an aromatic ring is 1. The van der Waals surface area contributed by atoms with E-state index >= 15 is 0 Å². The molecular weight excluding hydrogens is 292 g/mol. The van der Waals surface area contributed by atoms with Crippen LogP contribution in [0.3, 0.4) is 0 Å². The Morgan fingerprint density at radius 2 is 2.06 bits per heavy atom. The lowest BCUT2D eigenvalue weighted by Crippen LogP contribution is -1.95. The van der Waals surface area contributed by atoms with Crippen LogP contribution in [0.25, 0.3) is 17.0 Å². The van der Waals surface area contributed by atoms with Gasteiger partial charge in [-0.15, -0.1) is 10.2 Å². The molecule has 0 unspecified atom stereocenters. The van der Waals surface area contributed by atoms with E-state index in [9.17, 15) is 0 Å². The van der Waals surface area contributed by atoms with Crippen molar-refractivity contribution in [3.63, 3.8) is 0 Å². The third kappa shape index (κ3) is 1.76. The number of nitrogens with zero attached hydrogens (tertiary/aromatic N) is 3. The maximum Gasteiger partial charge on any atom is 0.168 e. The summed E-state index contributed by atoms with van der Waals surface area (Å²) in [7, 11) is 0. The molecule has 4 nitrogen and oxygen atoms in total. The highest BCUT2D eigenvalue weighted by molar-refractivity contribution is 9.10. The summed E-state index contributed by atoms with van der Waals surface area (Å²) in [6.07, 6.45) is 1.85. The first-order valence-electron chi connectivity index (χ1n) is 5.52. The smallest absolute Gasteiger partial charge is 0.168 e. The van der Waals surface area contributed by atoms with Crippen LogP contribution in [0.4, 0.5) is 5.69 Å². The summed E-state index contributed by atoms with van der Waals surface area (Å²) < 4.78 is 2.93. The predicted molar refractivity (Wildman–Crippen MR) is 75.3 cm³/mol. The number of benzene rings is 1. The van der Waals surface area contributed by atoms with Gasteiger partial charge in [0.05, 0.1) is 0 Å². The van der Waals surface area contributed by atoms with E-state index in [2.05, 4.69) is 26.1 Å². The number of hydrogen-bond acceptors (Lipinski definition) is 3. The first-order valence-corrected chi connectivity index (χ1v) is 6.31. The van der Waals surface area contributed by atoms with Gasteiger partial charge in [-0.3, -0.25) is 4.40 Å². The van der Waals surface area contributed by atoms with Gasteiger partial charge in [0.2, 0.25) is 0 Å². The van der Waals surface area contributed by atoms with Crippen molar-refractivity contribution >= 4 is 27.3 Å². The minimum Gasteiger partial charge on any atom is -0.398 e. The molecule has 3 rings (SSSR count). The second kappa shape index (κ2) is 4.10. The Labute approximate surface area is 113 Å². The lowest BCUT2D eigenvalue weighted by atomic mass is 10.2. The highest BCUT2D eigenvalue weighted by Crippen LogP contribution is 2.24. The Morgan fingerprint density at radius 3 is 2.83 bits per heavy atom. The van der Waals surface area contributed by atoms with Gasteiger partial charge in [-0.25, -0.2) is 0 Å². The van der Waals surface area contributed by atoms with Crippen molar-refractivity contribution in [2.75, 3.05) is 5.73 Å². The molecule has 2 heterocycles. The number of nitrogens with two attached hydrogens (primary N) is 1. The molecule has 0 saturated heterocycles. The first-order chi connectivity index (χ1) is 8.65. The molecule has 0 saturated carbocycles. The zero-order chi connectivity index (χ0) is 12.7. The van der Waals surface area contributed by atoms with Crippen LogP contribution in [-0.4, -0.2) is 14.6 Å². The van der Waals surface area contributed by atoms with Gasteiger partial charge in [0.1, 0.15) is 0 Å². The summed E-state index contributed by atoms with van der Waals surface area (Å²) in [5.74, 6) is 0.793. The zero-order valence-corrected chi connectivity index (χ0v) is 11.3. The van der Waals surface area contributed by atoms with Crippen molar-refractivity contribution in [1.29, 1.82) is 0 Å². The monoisotopic (exact) mass is 302 g/mol. The average molecular weight is 303 g/mol. The third-order valence-corrected chi connectivity index (χ3v) is 3.29. The van der Waals surface area contributed by atoms with Crippen LogP contribution in [0, 0.1) is 6.92 Å². The van der Waals surface area contributed by atoms with E-state index < -0.39 is 0 Å². The molecule has 0 fully saturated rings. The molecule has 3 aromatic rings. The number of halogens is 1. The van der Waals surface area contributed by atoms with E-state index in [0.717, 1.165) is 27.1 Å². The third-order valence-electron chi connectivity index (χ3n) is 2.79. The van der Waals surface area contributed by atoms with E-state index in [0.29, 0.717) is 5.69 Å². The molecule has 2 N–H and O–H groups in total. The standard InChI is InChI=1S/C13H11BrN4/c1-8-5-11(15)7-18-12(8)16-17-13(18)9-3-2-4-10(14)6-9/h2-7H,15H2,1H3. The maximum absolute atomic E-state index is 5.88. The van der Waals surface area contributed by atoms with Crippen molar-refractivity contribution in [3.8, 4) is 11.4 Å². The lowest BCUT2D eigenvalue weighted by Gasteiger charge is -2.03. The van der Waals surface area contributed by atoms with Crippen LogP contribution < -0.4 is 5.73 Å². The quantitative estimate of drug-likeness (QED) is 0.751. The van der Waals surface area contributed by atoms with Crippen molar-refractivity contribution in [1.82, 2.24) is 14.6 Å². The van der Waals surface area contributed by atoms with Crippen molar-refractivity contribution in [2.24, 2.45) is 0 Å². The fraction of sp³-hybridized carbons (Fsp3) is 0.0769. The topological polar surface area (TPSA) is 56.2 Å². The molecule has 5 heteroatoms. The van der Waals surface area contributed by atoms with Gasteiger partial charge >= 0.3 is 0 Å². The summed E-state index contributed by atoms with van der Waals surface area (Å²) in [6, 6.07) is 9.86. The number of anilines is 1. The van der Waals surface area contributed by atoms with Crippen LogP contribution in [0.2, 0.25) is 0 Å². The number of fused-ring (bicyclic) bond motifs is 1. The fourth-order valence-electron chi connectivity index (χ4n) is 2.01. The molecule has 0 aliphatic carbocycles. The second-order valence-corrected chi connectivity index (χ2v) is 5.10. The fourth-order valence-corrected chi connectivity index (χ4v) is 2.41. The Bertz CT molecular complexity index is 733. The number of hydrogen-bond donors (Lipinski definition) is 1. The summed E-state index contributed by atoms with van der Waals surface area (Å²) >= 11 is 3.46. The Hall–Kier alpha value is -1.88. The van der Waals surface area contributed by atoms with Crippen LogP contribution >= 0.6 is 15.9 Å². The Morgan fingerprint density at radius 1 is 1.22 bits per heavy atom. The number of aromatic nitrogens is 3. The molecule has 0 aliphatic rings. The molecule has 2 aromatic heterocycles. The van der Waals surface area contributed by atoms with Crippen molar-refractivity contribution < 1.29 is 0 Å². The SMILES string of the molecule is Cc1cc(N)cn2c(-c3cccc(Br)c3)nnc12. The molecule has 0 amide bonds. The van der Waals surface area contributed by atoms with Crippen LogP contribution in [-0.2, 0) is 0 Å². The molecule has 0 aliphatic heterocycles. The predicted octanol–water partition coefficient (Wildman–Crippen LogP) is 3.05. The van der Waals surface area contributed by atoms with Gasteiger partial charge in [-0.2, -0.15) is 0 Å². The highest BCUT2D eigenvalue weighted by atomic mass is 79.9. The maximum atomic E-state index is 5.88. The summed E-state index contributed by atoms with van der Waals surface area (Å²) in [4.78, 5) is 0. The number of pyridine rings is 1. The largest absolute Gasteiger partial charge is 0.398 e. The molecule has 18 heavy (non-hydrogen) atoms. The minimum atomic E-state index is 0.705. The number of rotatable bonds is 1. The summed E-state index contributed by atoms with van der Waals surface area (Å²) in [6.45, 7) is 1.98. The van der Waals surface area contributed by atoms with Gasteiger partial charge in [0.15, 0.2) is 11.5 Å². The van der Waals surface area contributed by atoms with Gasteiger partial charge in [-0.05, 0) is 30.7 Å². The van der Waals surface area contributed by atoms with Gasteiger partial charge in [-0.1, -0.05) is 28.1 Å². The zero-order valence-electron chi connectivity index (χ0n) is 9.76. The van der Waals surface area contributed by atoms with E-state index in [1.807, 2.05) is 47.9 Å². The molecule has 0 bridgehead atoms. The first kappa shape index (κ1) is 11.2. The lowest BCUT2D eigenvalue weighted by molar-refractivity contribution is 1.11. The van der Waals surface area contributed by atoms with E-state index in [4.69, 9.17) is 5.73 Å². The van der Waals surface area contributed by atoms with Gasteiger partial charge in [0.25, 0.3) is 0 Å². The minimum absolute atomic E-state index is 0.705. The van der Waals surface area contributed by atoms with Crippen LogP contribution in [0.5, 0.6) is 0 Å². The Kier molecular flexibility index (Phi) is 2.56. The van der Waals surface area contributed by atoms with Gasteiger partial charge < -0.3 is 5.73 Å². The Balaban J connectivity index is 2.30. The molecule has 90 valence electrons. The summed E-state index contributed by atoms with van der Waals surface area (Å²) in [5.41, 5.74) is 9.43. The van der Waals surface area contributed by atoms with E-state index in [1.165, 1.54) is 0 Å². The molecule has 0 spiro atoms. The number of aryl methyl sites for hydroxylation is 1. The second-order valence-electron chi connectivity index (χ2n) is 4.18.